The SMILES string of the molecule is CN(C)CC(=O)N1CCC(COc2ccc3c(c2)CN(C(=N)N)CC3)(OC(=O)O)CC1. The first kappa shape index (κ1) is 22.7. The summed E-state index contributed by atoms with van der Waals surface area (Å²) in [5.41, 5.74) is 6.85. The molecule has 170 valence electrons. The average Bonchev–Trinajstić information content (AvgIpc) is 2.71. The highest BCUT2D eigenvalue weighted by Gasteiger charge is 2.40. The molecule has 0 saturated carbocycles. The van der Waals surface area contributed by atoms with E-state index in [2.05, 4.69) is 0 Å². The predicted molar refractivity (Wildman–Crippen MR) is 114 cm³/mol. The fourth-order valence-corrected chi connectivity index (χ4v) is 4.04. The van der Waals surface area contributed by atoms with Crippen LogP contribution in [0.15, 0.2) is 18.2 Å². The van der Waals surface area contributed by atoms with Crippen LogP contribution >= 0.6 is 0 Å². The van der Waals surface area contributed by atoms with Gasteiger partial charge in [-0.25, -0.2) is 4.79 Å². The van der Waals surface area contributed by atoms with Crippen molar-refractivity contribution in [3.05, 3.63) is 29.3 Å². The smallest absolute Gasteiger partial charge is 0.489 e. The molecule has 0 spiro atoms. The molecule has 1 amide bonds. The fourth-order valence-electron chi connectivity index (χ4n) is 4.04. The van der Waals surface area contributed by atoms with Gasteiger partial charge >= 0.3 is 6.16 Å². The van der Waals surface area contributed by atoms with Crippen LogP contribution in [0.2, 0.25) is 0 Å². The molecular weight excluding hydrogens is 402 g/mol. The summed E-state index contributed by atoms with van der Waals surface area (Å²) in [4.78, 5) is 29.0. The maximum absolute atomic E-state index is 12.3. The molecule has 0 atom stereocenters. The van der Waals surface area contributed by atoms with E-state index in [0.717, 1.165) is 12.0 Å². The standard InChI is InChI=1S/C21H31N5O5/c1-24(2)13-18(27)25-9-6-21(7-10-25,31-20(28)29)14-30-17-4-3-15-5-8-26(19(22)23)12-16(15)11-17/h3-4,11H,5-10,12-14H2,1-2H3,(H3,22,23)(H,28,29). The molecule has 4 N–H and O–H groups in total. The van der Waals surface area contributed by atoms with Crippen molar-refractivity contribution in [3.8, 4) is 5.75 Å². The van der Waals surface area contributed by atoms with Crippen LogP contribution in [-0.4, -0.2) is 90.3 Å². The number of nitrogens with zero attached hydrogens (tertiary/aromatic N) is 3. The molecule has 0 unspecified atom stereocenters. The summed E-state index contributed by atoms with van der Waals surface area (Å²) in [6, 6.07) is 5.77. The van der Waals surface area contributed by atoms with E-state index < -0.39 is 11.8 Å². The van der Waals surface area contributed by atoms with Crippen molar-refractivity contribution in [2.45, 2.75) is 31.4 Å². The Morgan fingerprint density at radius 2 is 1.90 bits per heavy atom. The highest BCUT2D eigenvalue weighted by Crippen LogP contribution is 2.30. The van der Waals surface area contributed by atoms with E-state index in [9.17, 15) is 14.7 Å². The quantitative estimate of drug-likeness (QED) is 0.343. The van der Waals surface area contributed by atoms with Crippen molar-refractivity contribution in [2.24, 2.45) is 5.73 Å². The number of nitrogens with one attached hydrogen (secondary N) is 1. The van der Waals surface area contributed by atoms with Gasteiger partial charge < -0.3 is 35.0 Å². The van der Waals surface area contributed by atoms with Gasteiger partial charge in [-0.3, -0.25) is 10.2 Å². The van der Waals surface area contributed by atoms with Crippen LogP contribution in [0.4, 0.5) is 4.79 Å². The molecule has 1 aromatic rings. The molecule has 0 aliphatic carbocycles. The highest BCUT2D eigenvalue weighted by molar-refractivity contribution is 5.78. The van der Waals surface area contributed by atoms with E-state index in [4.69, 9.17) is 20.6 Å². The molecule has 10 heteroatoms. The summed E-state index contributed by atoms with van der Waals surface area (Å²) < 4.78 is 11.2. The monoisotopic (exact) mass is 433 g/mol. The maximum Gasteiger partial charge on any atom is 0.506 e. The molecule has 1 fully saturated rings. The number of amides is 1. The summed E-state index contributed by atoms with van der Waals surface area (Å²) in [7, 11) is 3.67. The average molecular weight is 434 g/mol. The molecule has 1 saturated heterocycles. The number of hydrogen-bond acceptors (Lipinski definition) is 6. The third-order valence-electron chi connectivity index (χ3n) is 5.82. The van der Waals surface area contributed by atoms with Crippen LogP contribution in [0.25, 0.3) is 0 Å². The van der Waals surface area contributed by atoms with Crippen molar-refractivity contribution < 1.29 is 24.2 Å². The minimum Gasteiger partial charge on any atom is -0.489 e. The Bertz CT molecular complexity index is 835. The number of benzene rings is 1. The number of rotatable bonds is 6. The lowest BCUT2D eigenvalue weighted by Crippen LogP contribution is -2.53. The van der Waals surface area contributed by atoms with Gasteiger partial charge in [-0.05, 0) is 43.8 Å². The van der Waals surface area contributed by atoms with Crippen molar-refractivity contribution in [3.63, 3.8) is 0 Å². The van der Waals surface area contributed by atoms with Crippen LogP contribution in [0.1, 0.15) is 24.0 Å². The van der Waals surface area contributed by atoms with Crippen molar-refractivity contribution in [2.75, 3.05) is 46.9 Å². The first-order valence-corrected chi connectivity index (χ1v) is 10.4. The number of carboxylic acid groups (broad SMARTS) is 1. The molecule has 10 nitrogen and oxygen atoms in total. The third-order valence-corrected chi connectivity index (χ3v) is 5.82. The molecular formula is C21H31N5O5. The van der Waals surface area contributed by atoms with E-state index in [1.807, 2.05) is 37.2 Å². The van der Waals surface area contributed by atoms with Crippen molar-refractivity contribution >= 4 is 18.0 Å². The molecule has 0 aromatic heterocycles. The van der Waals surface area contributed by atoms with Gasteiger partial charge in [-0.1, -0.05) is 6.07 Å². The number of hydrogen-bond donors (Lipinski definition) is 3. The van der Waals surface area contributed by atoms with Gasteiger partial charge in [0.25, 0.3) is 0 Å². The largest absolute Gasteiger partial charge is 0.506 e. The van der Waals surface area contributed by atoms with Crippen molar-refractivity contribution in [1.82, 2.24) is 14.7 Å². The zero-order valence-electron chi connectivity index (χ0n) is 18.1. The highest BCUT2D eigenvalue weighted by atomic mass is 16.7. The van der Waals surface area contributed by atoms with E-state index in [1.165, 1.54) is 5.56 Å². The zero-order valence-corrected chi connectivity index (χ0v) is 18.1. The number of ether oxygens (including phenoxy) is 2. The Kier molecular flexibility index (Phi) is 6.89. The molecule has 0 radical (unpaired) electrons. The van der Waals surface area contributed by atoms with E-state index in [0.29, 0.717) is 51.3 Å². The molecule has 2 aliphatic heterocycles. The Labute approximate surface area is 182 Å². The second-order valence-electron chi connectivity index (χ2n) is 8.45. The lowest BCUT2D eigenvalue weighted by Gasteiger charge is -2.40. The second kappa shape index (κ2) is 9.42. The summed E-state index contributed by atoms with van der Waals surface area (Å²) in [6.45, 7) is 2.48. The number of fused-ring (bicyclic) bond motifs is 1. The number of carbonyl (C=O) groups excluding carboxylic acids is 1. The number of likely N-dealkylation sites (tertiary alicyclic amines) is 1. The normalized spacial score (nSPS) is 17.8. The number of piperidine rings is 1. The van der Waals surface area contributed by atoms with Gasteiger partial charge in [0.1, 0.15) is 12.4 Å². The summed E-state index contributed by atoms with van der Waals surface area (Å²) in [6.07, 6.45) is 0.209. The number of carbonyl (C=O) groups is 2. The minimum absolute atomic E-state index is 0.0135. The molecule has 3 rings (SSSR count). The van der Waals surface area contributed by atoms with Gasteiger partial charge in [0, 0.05) is 39.0 Å². The van der Waals surface area contributed by atoms with Crippen LogP contribution in [0.5, 0.6) is 5.75 Å². The van der Waals surface area contributed by atoms with Crippen molar-refractivity contribution in [1.29, 1.82) is 5.41 Å². The summed E-state index contributed by atoms with van der Waals surface area (Å²) in [5.74, 6) is 0.671. The lowest BCUT2D eigenvalue weighted by atomic mass is 9.91. The Hall–Kier alpha value is -3.01. The van der Waals surface area contributed by atoms with Gasteiger partial charge in [0.05, 0.1) is 6.54 Å². The van der Waals surface area contributed by atoms with Gasteiger partial charge in [-0.2, -0.15) is 0 Å². The van der Waals surface area contributed by atoms with Crippen LogP contribution in [0.3, 0.4) is 0 Å². The topological polar surface area (TPSA) is 132 Å². The van der Waals surface area contributed by atoms with E-state index in [1.54, 1.807) is 9.80 Å². The first-order valence-electron chi connectivity index (χ1n) is 10.4. The third kappa shape index (κ3) is 5.78. The second-order valence-corrected chi connectivity index (χ2v) is 8.45. The van der Waals surface area contributed by atoms with Crippen LogP contribution in [-0.2, 0) is 22.5 Å². The van der Waals surface area contributed by atoms with Gasteiger partial charge in [0.15, 0.2) is 11.6 Å². The Morgan fingerprint density at radius 3 is 2.52 bits per heavy atom. The minimum atomic E-state index is -1.35. The number of likely N-dealkylation sites (N-methyl/N-ethyl adjacent to an activating group) is 1. The number of nitrogens with two attached hydrogens (primary N) is 1. The van der Waals surface area contributed by atoms with E-state index >= 15 is 0 Å². The lowest BCUT2D eigenvalue weighted by molar-refractivity contribution is -0.138. The fraction of sp³-hybridized carbons (Fsp3) is 0.571. The Balaban J connectivity index is 1.65. The van der Waals surface area contributed by atoms with E-state index in [-0.39, 0.29) is 18.5 Å². The van der Waals surface area contributed by atoms with Gasteiger partial charge in [0.2, 0.25) is 5.91 Å². The molecule has 2 aliphatic rings. The first-order chi connectivity index (χ1) is 14.7. The predicted octanol–water partition coefficient (Wildman–Crippen LogP) is 0.934. The maximum atomic E-state index is 12.3. The zero-order chi connectivity index (χ0) is 22.6. The number of guanidine groups is 1. The summed E-state index contributed by atoms with van der Waals surface area (Å²) >= 11 is 0. The van der Waals surface area contributed by atoms with Crippen LogP contribution < -0.4 is 10.5 Å². The van der Waals surface area contributed by atoms with Gasteiger partial charge in [-0.15, -0.1) is 0 Å². The molecule has 2 heterocycles. The molecule has 0 bridgehead atoms. The summed E-state index contributed by atoms with van der Waals surface area (Å²) in [5, 5.41) is 16.9. The molecule has 31 heavy (non-hydrogen) atoms. The van der Waals surface area contributed by atoms with Crippen LogP contribution in [0, 0.1) is 5.41 Å². The molecule has 1 aromatic carbocycles. The Morgan fingerprint density at radius 1 is 1.19 bits per heavy atom.